The van der Waals surface area contributed by atoms with E-state index >= 15 is 0 Å². The molecule has 0 radical (unpaired) electrons. The molecule has 2 saturated heterocycles. The van der Waals surface area contributed by atoms with E-state index in [0.29, 0.717) is 12.1 Å². The maximum Gasteiger partial charge on any atom is 0.256 e. The second kappa shape index (κ2) is 14.2. The smallest absolute Gasteiger partial charge is 0.256 e. The Hall–Kier alpha value is -7.11. The molecule has 0 N–H and O–H groups in total. The number of piperidine rings is 2. The summed E-state index contributed by atoms with van der Waals surface area (Å²) < 4.78 is 7.46. The first kappa shape index (κ1) is 38.9. The summed E-state index contributed by atoms with van der Waals surface area (Å²) in [5, 5.41) is 0. The fourth-order valence-corrected chi connectivity index (χ4v) is 14.2. The number of hydrogen-bond donors (Lipinski definition) is 0. The molecule has 0 spiro atoms. The molecule has 4 fully saturated rings. The van der Waals surface area contributed by atoms with E-state index in [-0.39, 0.29) is 18.8 Å². The van der Waals surface area contributed by atoms with Gasteiger partial charge in [0.2, 0.25) is 0 Å². The number of ether oxygens (including phenoxy) is 1. The highest BCUT2D eigenvalue weighted by Gasteiger charge is 2.50. The molecule has 328 valence electrons. The summed E-state index contributed by atoms with van der Waals surface area (Å²) in [6.07, 6.45) is 6.69. The maximum absolute atomic E-state index is 7.46. The highest BCUT2D eigenvalue weighted by Crippen LogP contribution is 2.54. The molecule has 4 bridgehead atoms. The fourth-order valence-electron chi connectivity index (χ4n) is 14.2. The van der Waals surface area contributed by atoms with Crippen molar-refractivity contribution in [3.63, 3.8) is 0 Å². The van der Waals surface area contributed by atoms with E-state index in [9.17, 15) is 0 Å². The zero-order chi connectivity index (χ0) is 45.0. The molecular weight excluding hydrogens is 826 g/mol. The first-order valence-corrected chi connectivity index (χ1v) is 25.1. The second-order valence-electron chi connectivity index (χ2n) is 21.7. The van der Waals surface area contributed by atoms with Gasteiger partial charge in [-0.3, -0.25) is 0 Å². The van der Waals surface area contributed by atoms with Crippen molar-refractivity contribution in [2.75, 3.05) is 19.6 Å². The first-order valence-electron chi connectivity index (χ1n) is 25.1. The molecule has 6 aliphatic heterocycles. The van der Waals surface area contributed by atoms with Crippen LogP contribution in [0.1, 0.15) is 58.4 Å². The second-order valence-corrected chi connectivity index (χ2v) is 21.7. The summed E-state index contributed by atoms with van der Waals surface area (Å²) in [4.78, 5) is 10.5. The highest BCUT2D eigenvalue weighted by molar-refractivity contribution is 7.02. The van der Waals surface area contributed by atoms with Gasteiger partial charge < -0.3 is 24.3 Å². The van der Waals surface area contributed by atoms with Gasteiger partial charge in [0.1, 0.15) is 11.5 Å². The van der Waals surface area contributed by atoms with Crippen LogP contribution < -0.4 is 57.1 Å². The number of nitrogens with zero attached hydrogens (tertiary/aromatic N) is 4. The Kier molecular flexibility index (Phi) is 8.14. The summed E-state index contributed by atoms with van der Waals surface area (Å²) in [5.41, 5.74) is 21.2. The van der Waals surface area contributed by atoms with Gasteiger partial charge >= 0.3 is 0 Å². The molecule has 0 unspecified atom stereocenters. The average molecular weight is 879 g/mol. The zero-order valence-electron chi connectivity index (χ0n) is 38.9. The topological polar surface area (TPSA) is 22.2 Å². The number of rotatable bonds is 4. The molecule has 16 rings (SSSR count). The molecule has 8 aromatic rings. The maximum atomic E-state index is 7.46. The lowest BCUT2D eigenvalue weighted by atomic mass is 9.30. The van der Waals surface area contributed by atoms with Gasteiger partial charge in [0.05, 0.1) is 0 Å². The number of anilines is 10. The largest absolute Gasteiger partial charge is 0.458 e. The average Bonchev–Trinajstić information content (AvgIpc) is 3.35. The van der Waals surface area contributed by atoms with Crippen LogP contribution in [0.5, 0.6) is 11.5 Å². The minimum atomic E-state index is -0.0988. The van der Waals surface area contributed by atoms with Gasteiger partial charge in [0, 0.05) is 75.0 Å². The van der Waals surface area contributed by atoms with Crippen LogP contribution >= 0.6 is 0 Å². The predicted octanol–water partition coefficient (Wildman–Crippen LogP) is 11.2. The molecule has 2 saturated carbocycles. The van der Waals surface area contributed by atoms with Crippen molar-refractivity contribution in [1.82, 2.24) is 0 Å². The zero-order valence-corrected chi connectivity index (χ0v) is 38.9. The van der Waals surface area contributed by atoms with Gasteiger partial charge in [-0.05, 0) is 160 Å². The minimum Gasteiger partial charge on any atom is -0.458 e. The normalized spacial score (nSPS) is 20.8. The van der Waals surface area contributed by atoms with E-state index in [4.69, 9.17) is 4.74 Å². The minimum absolute atomic E-state index is 0.0113. The van der Waals surface area contributed by atoms with Crippen molar-refractivity contribution >= 4 is 103 Å². The van der Waals surface area contributed by atoms with Gasteiger partial charge in [0.25, 0.3) is 13.4 Å². The number of hydrogen-bond acceptors (Lipinski definition) is 5. The third kappa shape index (κ3) is 5.53. The summed E-state index contributed by atoms with van der Waals surface area (Å²) in [5.74, 6) is 3.63. The van der Waals surface area contributed by atoms with E-state index in [1.807, 2.05) is 0 Å². The van der Waals surface area contributed by atoms with Gasteiger partial charge in [-0.15, -0.1) is 0 Å². The van der Waals surface area contributed by atoms with Crippen molar-refractivity contribution in [3.05, 3.63) is 181 Å². The van der Waals surface area contributed by atoms with Crippen LogP contribution in [-0.2, 0) is 5.41 Å². The van der Waals surface area contributed by atoms with Crippen molar-refractivity contribution in [2.24, 2.45) is 11.8 Å². The van der Waals surface area contributed by atoms with Gasteiger partial charge in [-0.2, -0.15) is 0 Å². The lowest BCUT2D eigenvalue weighted by Gasteiger charge is -2.58. The van der Waals surface area contributed by atoms with E-state index in [1.54, 1.807) is 0 Å². The predicted molar refractivity (Wildman–Crippen MR) is 285 cm³/mol. The van der Waals surface area contributed by atoms with E-state index in [0.717, 1.165) is 34.7 Å². The van der Waals surface area contributed by atoms with Gasteiger partial charge in [-0.25, -0.2) is 0 Å². The molecule has 8 aliphatic rings. The molecule has 0 amide bonds. The Morgan fingerprint density at radius 3 is 1.40 bits per heavy atom. The third-order valence-corrected chi connectivity index (χ3v) is 16.8. The van der Waals surface area contributed by atoms with E-state index in [2.05, 4.69) is 216 Å². The molecule has 0 aromatic heterocycles. The molecule has 8 aromatic carbocycles. The standard InChI is InChI=1S/C61H52B2N4O/c1-61(2,3)40-32-54-60-58(33-40)68-57-37-53-49(36-50(57)63(60)48-24-14-16-26-52(48)65(54)41-17-7-4-8-18-41)62-47-23-13-15-25-51(47)66(42-19-9-5-10-20-42)55-34-46(64-44-28-38-27-39(30-44)31-45(64)29-38)35-56(59(55)62)67(53)43-21-11-6-12-22-43/h4-26,32-39,44-45H,27-31H2,1-3H3. The summed E-state index contributed by atoms with van der Waals surface area (Å²) in [6.45, 7) is 6.90. The Bertz CT molecular complexity index is 3340. The monoisotopic (exact) mass is 878 g/mol. The Labute approximate surface area is 400 Å². The molecular formula is C61H52B2N4O. The van der Waals surface area contributed by atoms with Crippen molar-refractivity contribution in [2.45, 2.75) is 70.4 Å². The molecule has 6 heterocycles. The van der Waals surface area contributed by atoms with Gasteiger partial charge in [0.15, 0.2) is 0 Å². The van der Waals surface area contributed by atoms with E-state index < -0.39 is 0 Å². The van der Waals surface area contributed by atoms with Crippen LogP contribution in [0.2, 0.25) is 0 Å². The summed E-state index contributed by atoms with van der Waals surface area (Å²) in [6, 6.07) is 67.6. The van der Waals surface area contributed by atoms with Crippen LogP contribution in [0.15, 0.2) is 176 Å². The van der Waals surface area contributed by atoms with Crippen LogP contribution in [0.4, 0.5) is 56.9 Å². The number of para-hydroxylation sites is 5. The van der Waals surface area contributed by atoms with Crippen LogP contribution in [0, 0.1) is 11.8 Å². The molecule has 7 heteroatoms. The molecule has 0 atom stereocenters. The van der Waals surface area contributed by atoms with E-state index in [1.165, 1.54) is 116 Å². The molecule has 5 nitrogen and oxygen atoms in total. The Balaban J connectivity index is 1.01. The van der Waals surface area contributed by atoms with Gasteiger partial charge in [-0.1, -0.05) is 118 Å². The lowest BCUT2D eigenvalue weighted by Crippen LogP contribution is -2.64. The van der Waals surface area contributed by atoms with Crippen LogP contribution in [-0.4, -0.2) is 25.5 Å². The third-order valence-electron chi connectivity index (χ3n) is 16.8. The van der Waals surface area contributed by atoms with Crippen molar-refractivity contribution < 1.29 is 4.74 Å². The molecule has 2 aliphatic carbocycles. The van der Waals surface area contributed by atoms with Crippen LogP contribution in [0.25, 0.3) is 0 Å². The van der Waals surface area contributed by atoms with Crippen LogP contribution in [0.3, 0.4) is 0 Å². The Morgan fingerprint density at radius 2 is 0.868 bits per heavy atom. The highest BCUT2D eigenvalue weighted by atomic mass is 16.5. The first-order chi connectivity index (χ1) is 33.3. The van der Waals surface area contributed by atoms with Crippen molar-refractivity contribution in [3.8, 4) is 11.5 Å². The lowest BCUT2D eigenvalue weighted by molar-refractivity contribution is 0.0900. The van der Waals surface area contributed by atoms with Crippen molar-refractivity contribution in [1.29, 1.82) is 0 Å². The summed E-state index contributed by atoms with van der Waals surface area (Å²) in [7, 11) is 0. The quantitative estimate of drug-likeness (QED) is 0.164. The Morgan fingerprint density at radius 1 is 0.397 bits per heavy atom. The molecule has 68 heavy (non-hydrogen) atoms. The SMILES string of the molecule is CC(C)(C)c1cc2c3c(c1)N(c1ccccc1)c1ccccc1B3c1cc3c(cc1O2)N(c1ccccc1)c1cc(N2C4CC5CC(C4)CC2C5)cc2c1B3c1ccccc1N2c1ccccc1. The fraction of sp³-hybridized carbons (Fsp3) is 0.213. The summed E-state index contributed by atoms with van der Waals surface area (Å²) >= 11 is 0. The number of fused-ring (bicyclic) bond motifs is 8. The number of benzene rings is 8.